The zero-order valence-corrected chi connectivity index (χ0v) is 10.4. The molecule has 0 bridgehead atoms. The Morgan fingerprint density at radius 1 is 0.882 bits per heavy atom. The van der Waals surface area contributed by atoms with E-state index >= 15 is 0 Å². The van der Waals surface area contributed by atoms with Crippen LogP contribution in [0, 0.1) is 20.8 Å². The molecule has 0 heterocycles. The van der Waals surface area contributed by atoms with Gasteiger partial charge in [-0.15, -0.1) is 0 Å². The van der Waals surface area contributed by atoms with Gasteiger partial charge in [-0.05, 0) is 55.7 Å². The molecule has 0 amide bonds. The summed E-state index contributed by atoms with van der Waals surface area (Å²) in [5.41, 5.74) is 9.98. The van der Waals surface area contributed by atoms with Crippen molar-refractivity contribution in [2.75, 3.05) is 5.73 Å². The summed E-state index contributed by atoms with van der Waals surface area (Å²) >= 11 is 0. The Bertz CT molecular complexity index is 523. The molecule has 0 aliphatic rings. The van der Waals surface area contributed by atoms with Crippen molar-refractivity contribution in [3.63, 3.8) is 0 Å². The predicted molar refractivity (Wildman–Crippen MR) is 71.6 cm³/mol. The van der Waals surface area contributed by atoms with Gasteiger partial charge in [-0.1, -0.05) is 18.2 Å². The summed E-state index contributed by atoms with van der Waals surface area (Å²) in [6, 6.07) is 11.9. The Kier molecular flexibility index (Phi) is 3.05. The van der Waals surface area contributed by atoms with Crippen molar-refractivity contribution in [2.45, 2.75) is 20.8 Å². The monoisotopic (exact) mass is 227 g/mol. The van der Waals surface area contributed by atoms with E-state index in [-0.39, 0.29) is 0 Å². The smallest absolute Gasteiger partial charge is 0.130 e. The Hall–Kier alpha value is -1.96. The van der Waals surface area contributed by atoms with E-state index in [1.165, 1.54) is 0 Å². The van der Waals surface area contributed by atoms with Crippen LogP contribution in [-0.4, -0.2) is 0 Å². The lowest BCUT2D eigenvalue weighted by molar-refractivity contribution is 0.478. The molecule has 0 unspecified atom stereocenters. The highest BCUT2D eigenvalue weighted by Crippen LogP contribution is 2.29. The minimum absolute atomic E-state index is 0.835. The summed E-state index contributed by atoms with van der Waals surface area (Å²) < 4.78 is 5.87. The number of para-hydroxylation sites is 1. The first kappa shape index (κ1) is 11.5. The Labute approximate surface area is 102 Å². The molecule has 88 valence electrons. The van der Waals surface area contributed by atoms with E-state index in [0.29, 0.717) is 0 Å². The summed E-state index contributed by atoms with van der Waals surface area (Å²) in [7, 11) is 0. The second-order valence-corrected chi connectivity index (χ2v) is 4.34. The largest absolute Gasteiger partial charge is 0.457 e. The van der Waals surface area contributed by atoms with Crippen LogP contribution in [0.5, 0.6) is 11.5 Å². The SMILES string of the molecule is Cc1ccccc1Oc1cc(C)c(N)c(C)c1. The Morgan fingerprint density at radius 2 is 1.47 bits per heavy atom. The molecule has 0 spiro atoms. The van der Waals surface area contributed by atoms with Crippen LogP contribution < -0.4 is 10.5 Å². The number of hydrogen-bond acceptors (Lipinski definition) is 2. The van der Waals surface area contributed by atoms with Gasteiger partial charge in [-0.25, -0.2) is 0 Å². The van der Waals surface area contributed by atoms with E-state index in [0.717, 1.165) is 33.9 Å². The molecule has 2 aromatic rings. The Morgan fingerprint density at radius 3 is 2.06 bits per heavy atom. The lowest BCUT2D eigenvalue weighted by Crippen LogP contribution is -1.95. The van der Waals surface area contributed by atoms with Crippen molar-refractivity contribution in [3.05, 3.63) is 53.1 Å². The van der Waals surface area contributed by atoms with Crippen molar-refractivity contribution < 1.29 is 4.74 Å². The van der Waals surface area contributed by atoms with Crippen molar-refractivity contribution in [1.29, 1.82) is 0 Å². The van der Waals surface area contributed by atoms with Crippen LogP contribution >= 0.6 is 0 Å². The van der Waals surface area contributed by atoms with E-state index < -0.39 is 0 Å². The number of aryl methyl sites for hydroxylation is 3. The van der Waals surface area contributed by atoms with Gasteiger partial charge >= 0.3 is 0 Å². The molecule has 2 rings (SSSR count). The molecule has 0 aromatic heterocycles. The molecule has 2 nitrogen and oxygen atoms in total. The second kappa shape index (κ2) is 4.50. The average molecular weight is 227 g/mol. The maximum absolute atomic E-state index is 5.92. The van der Waals surface area contributed by atoms with Gasteiger partial charge < -0.3 is 10.5 Å². The number of hydrogen-bond donors (Lipinski definition) is 1. The van der Waals surface area contributed by atoms with E-state index in [9.17, 15) is 0 Å². The van der Waals surface area contributed by atoms with Gasteiger partial charge in [0.25, 0.3) is 0 Å². The minimum atomic E-state index is 0.835. The number of ether oxygens (including phenoxy) is 1. The highest BCUT2D eigenvalue weighted by Gasteiger charge is 2.04. The number of benzene rings is 2. The first-order valence-corrected chi connectivity index (χ1v) is 5.68. The highest BCUT2D eigenvalue weighted by molar-refractivity contribution is 5.56. The molecule has 0 radical (unpaired) electrons. The molecule has 0 saturated carbocycles. The normalized spacial score (nSPS) is 10.3. The molecule has 0 saturated heterocycles. The average Bonchev–Trinajstić information content (AvgIpc) is 2.29. The fraction of sp³-hybridized carbons (Fsp3) is 0.200. The van der Waals surface area contributed by atoms with Crippen molar-refractivity contribution in [2.24, 2.45) is 0 Å². The highest BCUT2D eigenvalue weighted by atomic mass is 16.5. The molecular formula is C15H17NO. The van der Waals surface area contributed by atoms with Crippen molar-refractivity contribution in [3.8, 4) is 11.5 Å². The van der Waals surface area contributed by atoms with Crippen LogP contribution in [0.1, 0.15) is 16.7 Å². The Balaban J connectivity index is 2.34. The van der Waals surface area contributed by atoms with Crippen LogP contribution in [0.2, 0.25) is 0 Å². The zero-order chi connectivity index (χ0) is 12.4. The van der Waals surface area contributed by atoms with Gasteiger partial charge in [0, 0.05) is 5.69 Å². The lowest BCUT2D eigenvalue weighted by Gasteiger charge is -2.11. The summed E-state index contributed by atoms with van der Waals surface area (Å²) in [4.78, 5) is 0. The fourth-order valence-electron chi connectivity index (χ4n) is 1.79. The standard InChI is InChI=1S/C15H17NO/c1-10-6-4-5-7-14(10)17-13-8-11(2)15(16)12(3)9-13/h4-9H,16H2,1-3H3. The van der Waals surface area contributed by atoms with Gasteiger partial charge in [0.05, 0.1) is 0 Å². The van der Waals surface area contributed by atoms with E-state index in [1.54, 1.807) is 0 Å². The van der Waals surface area contributed by atoms with Crippen LogP contribution in [0.25, 0.3) is 0 Å². The first-order chi connectivity index (χ1) is 8.08. The third kappa shape index (κ3) is 2.41. The quantitative estimate of drug-likeness (QED) is 0.787. The molecule has 2 aromatic carbocycles. The number of nitrogens with two attached hydrogens (primary N) is 1. The maximum Gasteiger partial charge on any atom is 0.130 e. The van der Waals surface area contributed by atoms with Gasteiger partial charge in [-0.3, -0.25) is 0 Å². The summed E-state index contributed by atoms with van der Waals surface area (Å²) in [6.07, 6.45) is 0. The molecule has 2 N–H and O–H groups in total. The first-order valence-electron chi connectivity index (χ1n) is 5.68. The van der Waals surface area contributed by atoms with Gasteiger partial charge in [0.2, 0.25) is 0 Å². The summed E-state index contributed by atoms with van der Waals surface area (Å²) in [5, 5.41) is 0. The molecule has 2 heteroatoms. The summed E-state index contributed by atoms with van der Waals surface area (Å²) in [6.45, 7) is 6.02. The molecule has 0 aliphatic carbocycles. The van der Waals surface area contributed by atoms with E-state index in [1.807, 2.05) is 57.2 Å². The van der Waals surface area contributed by atoms with Crippen LogP contribution in [0.4, 0.5) is 5.69 Å². The number of rotatable bonds is 2. The number of anilines is 1. The molecule has 0 aliphatic heterocycles. The zero-order valence-electron chi connectivity index (χ0n) is 10.4. The molecule has 17 heavy (non-hydrogen) atoms. The van der Waals surface area contributed by atoms with Crippen LogP contribution in [-0.2, 0) is 0 Å². The topological polar surface area (TPSA) is 35.2 Å². The lowest BCUT2D eigenvalue weighted by atomic mass is 10.1. The van der Waals surface area contributed by atoms with Crippen molar-refractivity contribution in [1.82, 2.24) is 0 Å². The third-order valence-corrected chi connectivity index (χ3v) is 2.89. The van der Waals surface area contributed by atoms with E-state index in [4.69, 9.17) is 10.5 Å². The van der Waals surface area contributed by atoms with Crippen LogP contribution in [0.3, 0.4) is 0 Å². The van der Waals surface area contributed by atoms with Crippen LogP contribution in [0.15, 0.2) is 36.4 Å². The molecule has 0 atom stereocenters. The second-order valence-electron chi connectivity index (χ2n) is 4.34. The molecular weight excluding hydrogens is 210 g/mol. The minimum Gasteiger partial charge on any atom is -0.457 e. The van der Waals surface area contributed by atoms with Crippen molar-refractivity contribution >= 4 is 5.69 Å². The maximum atomic E-state index is 5.92. The fourth-order valence-corrected chi connectivity index (χ4v) is 1.79. The van der Waals surface area contributed by atoms with Gasteiger partial charge in [0.1, 0.15) is 11.5 Å². The van der Waals surface area contributed by atoms with E-state index in [2.05, 4.69) is 0 Å². The summed E-state index contributed by atoms with van der Waals surface area (Å²) in [5.74, 6) is 1.72. The predicted octanol–water partition coefficient (Wildman–Crippen LogP) is 3.99. The number of nitrogen functional groups attached to an aromatic ring is 1. The van der Waals surface area contributed by atoms with Gasteiger partial charge in [0.15, 0.2) is 0 Å². The third-order valence-electron chi connectivity index (χ3n) is 2.89. The van der Waals surface area contributed by atoms with Gasteiger partial charge in [-0.2, -0.15) is 0 Å². The molecule has 0 fully saturated rings.